The molecule has 3 nitrogen and oxygen atoms in total. The zero-order chi connectivity index (χ0) is 12.4. The molecule has 86 valence electrons. The van der Waals surface area contributed by atoms with E-state index in [0.29, 0.717) is 10.7 Å². The van der Waals surface area contributed by atoms with Gasteiger partial charge in [-0.15, -0.1) is 0 Å². The largest absolute Gasteiger partial charge is 0.398 e. The van der Waals surface area contributed by atoms with Gasteiger partial charge in [-0.05, 0) is 18.2 Å². The van der Waals surface area contributed by atoms with E-state index in [9.17, 15) is 4.79 Å². The van der Waals surface area contributed by atoms with E-state index in [1.54, 1.807) is 12.1 Å². The zero-order valence-corrected chi connectivity index (χ0v) is 10.4. The van der Waals surface area contributed by atoms with Crippen molar-refractivity contribution >= 4 is 23.2 Å². The average molecular weight is 231 g/mol. The Kier molecular flexibility index (Phi) is 10.1. The normalized spacial score (nSPS) is 7.80. The minimum Gasteiger partial charge on any atom is -0.398 e. The number of primary amides is 1. The second kappa shape index (κ2) is 9.34. The van der Waals surface area contributed by atoms with Crippen LogP contribution in [0.1, 0.15) is 38.1 Å². The summed E-state index contributed by atoms with van der Waals surface area (Å²) in [7, 11) is 0. The molecule has 1 rings (SSSR count). The molecular weight excluding hydrogens is 212 g/mol. The number of benzene rings is 1. The van der Waals surface area contributed by atoms with E-state index in [0.717, 1.165) is 0 Å². The number of hydrogen-bond donors (Lipinski definition) is 2. The van der Waals surface area contributed by atoms with Crippen LogP contribution in [0.15, 0.2) is 18.2 Å². The average Bonchev–Trinajstić information content (AvgIpc) is 2.27. The summed E-state index contributed by atoms with van der Waals surface area (Å²) in [6.07, 6.45) is 0. The first-order chi connectivity index (χ1) is 7.11. The Balaban J connectivity index is 0. The lowest BCUT2D eigenvalue weighted by molar-refractivity contribution is 0.100. The molecule has 4 N–H and O–H groups in total. The Morgan fingerprint density at radius 3 is 2.00 bits per heavy atom. The lowest BCUT2D eigenvalue weighted by atomic mass is 10.2. The van der Waals surface area contributed by atoms with Gasteiger partial charge in [-0.25, -0.2) is 0 Å². The third kappa shape index (κ3) is 5.96. The molecule has 0 fully saturated rings. The van der Waals surface area contributed by atoms with Crippen LogP contribution in [-0.2, 0) is 0 Å². The third-order valence-corrected chi connectivity index (χ3v) is 1.52. The Morgan fingerprint density at radius 1 is 1.20 bits per heavy atom. The first-order valence-electron chi connectivity index (χ1n) is 4.96. The Hall–Kier alpha value is -1.22. The summed E-state index contributed by atoms with van der Waals surface area (Å²) in [5.74, 6) is -0.565. The summed E-state index contributed by atoms with van der Waals surface area (Å²) in [5.41, 5.74) is 11.0. The van der Waals surface area contributed by atoms with Gasteiger partial charge in [0.2, 0.25) is 0 Å². The standard InChI is InChI=1S/C7H7ClN2O.2C2H6/c8-4-1-2-6(9)5(3-4)7(10)11;2*1-2/h1-3H,9H2,(H2,10,11);2*1-2H3. The van der Waals surface area contributed by atoms with Crippen molar-refractivity contribution in [1.82, 2.24) is 0 Å². The molecule has 0 atom stereocenters. The van der Waals surface area contributed by atoms with E-state index in [2.05, 4.69) is 0 Å². The predicted octanol–water partition coefficient (Wildman–Crippen LogP) is 3.07. The smallest absolute Gasteiger partial charge is 0.250 e. The first kappa shape index (κ1) is 16.2. The van der Waals surface area contributed by atoms with E-state index in [-0.39, 0.29) is 5.56 Å². The SMILES string of the molecule is CC.CC.NC(=O)c1cc(Cl)ccc1N. The first-order valence-corrected chi connectivity index (χ1v) is 5.34. The molecule has 0 aliphatic heterocycles. The minimum absolute atomic E-state index is 0.262. The summed E-state index contributed by atoms with van der Waals surface area (Å²) in [5, 5.41) is 0.452. The van der Waals surface area contributed by atoms with Gasteiger partial charge in [-0.3, -0.25) is 4.79 Å². The molecule has 4 heteroatoms. The van der Waals surface area contributed by atoms with Crippen LogP contribution in [0.2, 0.25) is 5.02 Å². The van der Waals surface area contributed by atoms with Gasteiger partial charge in [0, 0.05) is 10.7 Å². The maximum absolute atomic E-state index is 10.7. The van der Waals surface area contributed by atoms with Crippen molar-refractivity contribution in [2.24, 2.45) is 5.73 Å². The van der Waals surface area contributed by atoms with Crippen molar-refractivity contribution in [2.75, 3.05) is 5.73 Å². The van der Waals surface area contributed by atoms with Crippen LogP contribution in [-0.4, -0.2) is 5.91 Å². The molecule has 0 unspecified atom stereocenters. The van der Waals surface area contributed by atoms with Crippen LogP contribution in [0.5, 0.6) is 0 Å². The van der Waals surface area contributed by atoms with E-state index in [1.165, 1.54) is 6.07 Å². The lowest BCUT2D eigenvalue weighted by Gasteiger charge is -2.00. The molecule has 0 aliphatic carbocycles. The van der Waals surface area contributed by atoms with E-state index >= 15 is 0 Å². The number of anilines is 1. The quantitative estimate of drug-likeness (QED) is 0.728. The fourth-order valence-electron chi connectivity index (χ4n) is 0.742. The second-order valence-corrected chi connectivity index (χ2v) is 2.53. The molecule has 1 aromatic carbocycles. The maximum Gasteiger partial charge on any atom is 0.250 e. The molecule has 1 amide bonds. The fraction of sp³-hybridized carbons (Fsp3) is 0.364. The van der Waals surface area contributed by atoms with Crippen LogP contribution in [0.4, 0.5) is 5.69 Å². The summed E-state index contributed by atoms with van der Waals surface area (Å²) in [4.78, 5) is 10.7. The van der Waals surface area contributed by atoms with Crippen LogP contribution in [0, 0.1) is 0 Å². The Bertz CT molecular complexity index is 301. The number of hydrogen-bond acceptors (Lipinski definition) is 2. The Morgan fingerprint density at radius 2 is 1.67 bits per heavy atom. The van der Waals surface area contributed by atoms with Crippen LogP contribution in [0.3, 0.4) is 0 Å². The van der Waals surface area contributed by atoms with Gasteiger partial charge < -0.3 is 11.5 Å². The Labute approximate surface area is 96.4 Å². The van der Waals surface area contributed by atoms with Crippen molar-refractivity contribution in [3.63, 3.8) is 0 Å². The topological polar surface area (TPSA) is 69.1 Å². The van der Waals surface area contributed by atoms with E-state index in [1.807, 2.05) is 27.7 Å². The van der Waals surface area contributed by atoms with Crippen LogP contribution < -0.4 is 11.5 Å². The van der Waals surface area contributed by atoms with Gasteiger partial charge in [-0.2, -0.15) is 0 Å². The van der Waals surface area contributed by atoms with Crippen molar-refractivity contribution in [3.05, 3.63) is 28.8 Å². The minimum atomic E-state index is -0.565. The number of carbonyl (C=O) groups is 1. The maximum atomic E-state index is 10.7. The van der Waals surface area contributed by atoms with Crippen molar-refractivity contribution in [1.29, 1.82) is 0 Å². The third-order valence-electron chi connectivity index (χ3n) is 1.28. The molecule has 0 radical (unpaired) electrons. The highest BCUT2D eigenvalue weighted by atomic mass is 35.5. The van der Waals surface area contributed by atoms with Gasteiger partial charge in [0.1, 0.15) is 0 Å². The highest BCUT2D eigenvalue weighted by Crippen LogP contribution is 2.16. The molecule has 0 heterocycles. The van der Waals surface area contributed by atoms with Crippen molar-refractivity contribution < 1.29 is 4.79 Å². The molecule has 0 aliphatic rings. The van der Waals surface area contributed by atoms with Gasteiger partial charge in [0.05, 0.1) is 5.56 Å². The molecule has 0 spiro atoms. The highest BCUT2D eigenvalue weighted by molar-refractivity contribution is 6.31. The summed E-state index contributed by atoms with van der Waals surface area (Å²) < 4.78 is 0. The van der Waals surface area contributed by atoms with Gasteiger partial charge in [0.15, 0.2) is 0 Å². The molecule has 0 saturated carbocycles. The van der Waals surface area contributed by atoms with Crippen molar-refractivity contribution in [3.8, 4) is 0 Å². The van der Waals surface area contributed by atoms with E-state index < -0.39 is 5.91 Å². The lowest BCUT2D eigenvalue weighted by Crippen LogP contribution is -2.13. The number of rotatable bonds is 1. The summed E-state index contributed by atoms with van der Waals surface area (Å²) in [6, 6.07) is 4.59. The molecular formula is C11H19ClN2O. The number of halogens is 1. The summed E-state index contributed by atoms with van der Waals surface area (Å²) >= 11 is 5.60. The molecule has 0 bridgehead atoms. The molecule has 15 heavy (non-hydrogen) atoms. The predicted molar refractivity (Wildman–Crippen MR) is 67.1 cm³/mol. The van der Waals surface area contributed by atoms with Crippen LogP contribution in [0.25, 0.3) is 0 Å². The van der Waals surface area contributed by atoms with Gasteiger partial charge >= 0.3 is 0 Å². The monoisotopic (exact) mass is 230 g/mol. The fourth-order valence-corrected chi connectivity index (χ4v) is 0.914. The number of nitrogen functional groups attached to an aromatic ring is 1. The number of amides is 1. The van der Waals surface area contributed by atoms with Gasteiger partial charge in [0.25, 0.3) is 5.91 Å². The van der Waals surface area contributed by atoms with E-state index in [4.69, 9.17) is 23.1 Å². The highest BCUT2D eigenvalue weighted by Gasteiger charge is 2.04. The van der Waals surface area contributed by atoms with Crippen molar-refractivity contribution in [2.45, 2.75) is 27.7 Å². The summed E-state index contributed by atoms with van der Waals surface area (Å²) in [6.45, 7) is 8.00. The number of nitrogens with two attached hydrogens (primary N) is 2. The molecule has 0 aromatic heterocycles. The second-order valence-electron chi connectivity index (χ2n) is 2.10. The molecule has 1 aromatic rings. The van der Waals surface area contributed by atoms with Crippen LogP contribution >= 0.6 is 11.6 Å². The zero-order valence-electron chi connectivity index (χ0n) is 9.67. The van der Waals surface area contributed by atoms with Gasteiger partial charge in [-0.1, -0.05) is 39.3 Å². The number of carbonyl (C=O) groups excluding carboxylic acids is 1. The molecule has 0 saturated heterocycles.